The summed E-state index contributed by atoms with van der Waals surface area (Å²) in [4.78, 5) is 12.6. The lowest BCUT2D eigenvalue weighted by molar-refractivity contribution is 0.0950. The Morgan fingerprint density at radius 2 is 1.90 bits per heavy atom. The third kappa shape index (κ3) is 3.89. The van der Waals surface area contributed by atoms with Crippen molar-refractivity contribution in [3.8, 4) is 0 Å². The summed E-state index contributed by atoms with van der Waals surface area (Å²) in [7, 11) is 0. The quantitative estimate of drug-likeness (QED) is 0.820. The van der Waals surface area contributed by atoms with Crippen molar-refractivity contribution in [2.45, 2.75) is 13.5 Å². The molecule has 0 fully saturated rings. The van der Waals surface area contributed by atoms with E-state index >= 15 is 0 Å². The first kappa shape index (κ1) is 15.7. The molecule has 3 N–H and O–H groups in total. The van der Waals surface area contributed by atoms with Crippen molar-refractivity contribution in [2.75, 3.05) is 0 Å². The Morgan fingerprint density at radius 1 is 1.24 bits per heavy atom. The maximum absolute atomic E-state index is 12.2. The molecular formula is C16H15BrN2OS. The number of halogens is 1. The molecule has 5 heteroatoms. The van der Waals surface area contributed by atoms with E-state index in [9.17, 15) is 4.79 Å². The summed E-state index contributed by atoms with van der Waals surface area (Å²) in [5.41, 5.74) is 9.03. The molecule has 0 aliphatic rings. The molecule has 2 aromatic carbocycles. The average Bonchev–Trinajstić information content (AvgIpc) is 2.48. The highest BCUT2D eigenvalue weighted by molar-refractivity contribution is 9.10. The zero-order valence-corrected chi connectivity index (χ0v) is 13.9. The van der Waals surface area contributed by atoms with Gasteiger partial charge in [-0.05, 0) is 40.0 Å². The lowest BCUT2D eigenvalue weighted by Gasteiger charge is -2.09. The Hall–Kier alpha value is -1.72. The molecule has 0 saturated carbocycles. The van der Waals surface area contributed by atoms with Crippen molar-refractivity contribution < 1.29 is 4.79 Å². The van der Waals surface area contributed by atoms with Crippen LogP contribution in [-0.2, 0) is 6.54 Å². The van der Waals surface area contributed by atoms with E-state index in [2.05, 4.69) is 21.2 Å². The Balaban J connectivity index is 2.04. The number of thiocarbonyl (C=S) groups is 1. The second-order valence-corrected chi connectivity index (χ2v) is 5.91. The lowest BCUT2D eigenvalue weighted by atomic mass is 10.1. The SMILES string of the molecule is Cc1cccc(C(=O)NCc2ccc(C(N)=S)cc2)c1Br. The molecule has 0 spiro atoms. The summed E-state index contributed by atoms with van der Waals surface area (Å²) in [6, 6.07) is 13.1. The minimum absolute atomic E-state index is 0.107. The van der Waals surface area contributed by atoms with E-state index in [-0.39, 0.29) is 5.91 Å². The number of rotatable bonds is 4. The zero-order chi connectivity index (χ0) is 15.4. The Bertz CT molecular complexity index is 683. The van der Waals surface area contributed by atoms with Crippen molar-refractivity contribution >= 4 is 39.0 Å². The molecule has 2 aromatic rings. The van der Waals surface area contributed by atoms with Crippen LogP contribution in [0.25, 0.3) is 0 Å². The van der Waals surface area contributed by atoms with Gasteiger partial charge in [-0.1, -0.05) is 48.6 Å². The van der Waals surface area contributed by atoms with Gasteiger partial charge in [-0.3, -0.25) is 4.79 Å². The summed E-state index contributed by atoms with van der Waals surface area (Å²) in [6.45, 7) is 2.41. The van der Waals surface area contributed by atoms with Gasteiger partial charge in [0, 0.05) is 16.6 Å². The molecule has 0 radical (unpaired) electrons. The summed E-state index contributed by atoms with van der Waals surface area (Å²) < 4.78 is 0.825. The molecule has 0 aromatic heterocycles. The third-order valence-corrected chi connectivity index (χ3v) is 4.42. The predicted molar refractivity (Wildman–Crippen MR) is 92.4 cm³/mol. The van der Waals surface area contributed by atoms with E-state index < -0.39 is 0 Å². The van der Waals surface area contributed by atoms with Gasteiger partial charge >= 0.3 is 0 Å². The van der Waals surface area contributed by atoms with Crippen molar-refractivity contribution in [1.82, 2.24) is 5.32 Å². The molecule has 108 valence electrons. The van der Waals surface area contributed by atoms with Crippen LogP contribution in [0.2, 0.25) is 0 Å². The number of amides is 1. The topological polar surface area (TPSA) is 55.1 Å². The van der Waals surface area contributed by atoms with Crippen LogP contribution in [0.3, 0.4) is 0 Å². The first-order chi connectivity index (χ1) is 9.99. The van der Waals surface area contributed by atoms with Crippen LogP contribution in [0, 0.1) is 6.92 Å². The summed E-state index contributed by atoms with van der Waals surface area (Å²) in [5, 5.41) is 2.90. The predicted octanol–water partition coefficient (Wildman–Crippen LogP) is 3.32. The van der Waals surface area contributed by atoms with E-state index in [1.54, 1.807) is 6.07 Å². The second kappa shape index (κ2) is 6.83. The van der Waals surface area contributed by atoms with Gasteiger partial charge in [0.05, 0.1) is 5.56 Å². The number of carbonyl (C=O) groups excluding carboxylic acids is 1. The number of benzene rings is 2. The van der Waals surface area contributed by atoms with E-state index in [0.717, 1.165) is 21.2 Å². The van der Waals surface area contributed by atoms with Gasteiger partial charge in [0.25, 0.3) is 5.91 Å². The van der Waals surface area contributed by atoms with Gasteiger partial charge in [0.15, 0.2) is 0 Å². The maximum atomic E-state index is 12.2. The molecular weight excluding hydrogens is 348 g/mol. The highest BCUT2D eigenvalue weighted by Gasteiger charge is 2.10. The van der Waals surface area contributed by atoms with E-state index in [4.69, 9.17) is 18.0 Å². The molecule has 0 aliphatic carbocycles. The first-order valence-electron chi connectivity index (χ1n) is 6.41. The minimum atomic E-state index is -0.107. The molecule has 1 amide bonds. The summed E-state index contributed by atoms with van der Waals surface area (Å²) >= 11 is 8.35. The van der Waals surface area contributed by atoms with Gasteiger partial charge in [-0.25, -0.2) is 0 Å². The fraction of sp³-hybridized carbons (Fsp3) is 0.125. The average molecular weight is 363 g/mol. The van der Waals surface area contributed by atoms with Crippen LogP contribution in [0.15, 0.2) is 46.9 Å². The van der Waals surface area contributed by atoms with Crippen LogP contribution in [0.4, 0.5) is 0 Å². The van der Waals surface area contributed by atoms with Crippen LogP contribution in [0.1, 0.15) is 27.0 Å². The number of aryl methyl sites for hydroxylation is 1. The fourth-order valence-corrected chi connectivity index (χ4v) is 2.47. The smallest absolute Gasteiger partial charge is 0.252 e. The molecule has 0 aliphatic heterocycles. The Kier molecular flexibility index (Phi) is 5.09. The lowest BCUT2D eigenvalue weighted by Crippen LogP contribution is -2.23. The molecule has 21 heavy (non-hydrogen) atoms. The number of hydrogen-bond acceptors (Lipinski definition) is 2. The van der Waals surface area contributed by atoms with E-state index in [1.807, 2.05) is 43.3 Å². The first-order valence-corrected chi connectivity index (χ1v) is 7.61. The fourth-order valence-electron chi connectivity index (χ4n) is 1.89. The van der Waals surface area contributed by atoms with Crippen LogP contribution >= 0.6 is 28.1 Å². The maximum Gasteiger partial charge on any atom is 0.252 e. The Labute approximate surface area is 137 Å². The number of hydrogen-bond donors (Lipinski definition) is 2. The number of carbonyl (C=O) groups is 1. The van der Waals surface area contributed by atoms with Gasteiger partial charge in [-0.2, -0.15) is 0 Å². The Morgan fingerprint density at radius 3 is 2.52 bits per heavy atom. The monoisotopic (exact) mass is 362 g/mol. The highest BCUT2D eigenvalue weighted by atomic mass is 79.9. The summed E-state index contributed by atoms with van der Waals surface area (Å²) in [5.74, 6) is -0.107. The van der Waals surface area contributed by atoms with Crippen LogP contribution in [0.5, 0.6) is 0 Å². The van der Waals surface area contributed by atoms with Gasteiger partial charge in [0.1, 0.15) is 4.99 Å². The normalized spacial score (nSPS) is 10.2. The van der Waals surface area contributed by atoms with Crippen LogP contribution in [-0.4, -0.2) is 10.9 Å². The number of nitrogens with one attached hydrogen (secondary N) is 1. The molecule has 0 unspecified atom stereocenters. The molecule has 0 heterocycles. The van der Waals surface area contributed by atoms with Gasteiger partial charge in [-0.15, -0.1) is 0 Å². The summed E-state index contributed by atoms with van der Waals surface area (Å²) in [6.07, 6.45) is 0. The van der Waals surface area contributed by atoms with Crippen molar-refractivity contribution in [1.29, 1.82) is 0 Å². The molecule has 2 rings (SSSR count). The zero-order valence-electron chi connectivity index (χ0n) is 11.5. The van der Waals surface area contributed by atoms with E-state index in [1.165, 1.54) is 0 Å². The van der Waals surface area contributed by atoms with Crippen molar-refractivity contribution in [3.63, 3.8) is 0 Å². The van der Waals surface area contributed by atoms with Gasteiger partial charge < -0.3 is 11.1 Å². The molecule has 3 nitrogen and oxygen atoms in total. The highest BCUT2D eigenvalue weighted by Crippen LogP contribution is 2.20. The number of nitrogens with two attached hydrogens (primary N) is 1. The van der Waals surface area contributed by atoms with Crippen molar-refractivity contribution in [3.05, 3.63) is 69.2 Å². The second-order valence-electron chi connectivity index (χ2n) is 4.68. The molecule has 0 atom stereocenters. The van der Waals surface area contributed by atoms with Gasteiger partial charge in [0.2, 0.25) is 0 Å². The van der Waals surface area contributed by atoms with Crippen LogP contribution < -0.4 is 11.1 Å². The largest absolute Gasteiger partial charge is 0.389 e. The van der Waals surface area contributed by atoms with Crippen molar-refractivity contribution in [2.24, 2.45) is 5.73 Å². The third-order valence-electron chi connectivity index (χ3n) is 3.13. The standard InChI is InChI=1S/C16H15BrN2OS/c1-10-3-2-4-13(14(10)17)16(20)19-9-11-5-7-12(8-6-11)15(18)21/h2-8H,9H2,1H3,(H2,18,21)(H,19,20). The minimum Gasteiger partial charge on any atom is -0.389 e. The van der Waals surface area contributed by atoms with E-state index in [0.29, 0.717) is 17.1 Å². The molecule has 0 bridgehead atoms. The molecule has 0 saturated heterocycles.